The first-order valence-electron chi connectivity index (χ1n) is 7.63. The minimum Gasteiger partial charge on any atom is -0.299 e. The second-order valence-electron chi connectivity index (χ2n) is 7.06. The van der Waals surface area contributed by atoms with Crippen molar-refractivity contribution in [3.05, 3.63) is 0 Å². The quantitative estimate of drug-likeness (QED) is 0.659. The Kier molecular flexibility index (Phi) is 3.07. The highest BCUT2D eigenvalue weighted by Gasteiger charge is 2.51. The van der Waals surface area contributed by atoms with Crippen molar-refractivity contribution in [3.8, 4) is 0 Å². The van der Waals surface area contributed by atoms with Crippen molar-refractivity contribution in [2.75, 3.05) is 0 Å². The first-order valence-corrected chi connectivity index (χ1v) is 7.63. The van der Waals surface area contributed by atoms with Gasteiger partial charge in [0.05, 0.1) is 0 Å². The molecule has 2 nitrogen and oxygen atoms in total. The van der Waals surface area contributed by atoms with Gasteiger partial charge in [0.25, 0.3) is 0 Å². The molecule has 3 fully saturated rings. The molecule has 0 aromatic carbocycles. The third-order valence-electron chi connectivity index (χ3n) is 5.72. The van der Waals surface area contributed by atoms with Gasteiger partial charge in [0.2, 0.25) is 0 Å². The van der Waals surface area contributed by atoms with Crippen molar-refractivity contribution in [2.24, 2.45) is 35.5 Å². The van der Waals surface area contributed by atoms with Crippen molar-refractivity contribution in [1.82, 2.24) is 0 Å². The van der Waals surface area contributed by atoms with Crippen molar-refractivity contribution in [3.63, 3.8) is 0 Å². The molecule has 0 aliphatic heterocycles. The molecule has 0 amide bonds. The molecule has 2 unspecified atom stereocenters. The fraction of sp³-hybridized carbons (Fsp3) is 0.875. The van der Waals surface area contributed by atoms with E-state index >= 15 is 0 Å². The van der Waals surface area contributed by atoms with Crippen molar-refractivity contribution in [2.45, 2.75) is 52.4 Å². The minimum absolute atomic E-state index is 0.0903. The zero-order valence-corrected chi connectivity index (χ0v) is 11.5. The molecule has 3 rings (SSSR count). The third-order valence-corrected chi connectivity index (χ3v) is 5.72. The fourth-order valence-corrected chi connectivity index (χ4v) is 5.08. The van der Waals surface area contributed by atoms with Crippen LogP contribution in [0.4, 0.5) is 0 Å². The van der Waals surface area contributed by atoms with E-state index in [0.717, 1.165) is 19.3 Å². The summed E-state index contributed by atoms with van der Waals surface area (Å²) in [6.45, 7) is 4.49. The number of hydrogen-bond donors (Lipinski definition) is 0. The molecule has 6 atom stereocenters. The number of ketones is 2. The van der Waals surface area contributed by atoms with Crippen LogP contribution in [0.25, 0.3) is 0 Å². The van der Waals surface area contributed by atoms with Gasteiger partial charge in [-0.2, -0.15) is 0 Å². The summed E-state index contributed by atoms with van der Waals surface area (Å²) in [4.78, 5) is 24.7. The molecule has 0 N–H and O–H groups in total. The molecule has 3 aliphatic rings. The summed E-state index contributed by atoms with van der Waals surface area (Å²) in [5.74, 6) is 3.15. The van der Waals surface area contributed by atoms with Crippen LogP contribution in [0.2, 0.25) is 0 Å². The summed E-state index contributed by atoms with van der Waals surface area (Å²) >= 11 is 0. The van der Waals surface area contributed by atoms with Crippen molar-refractivity contribution >= 4 is 11.6 Å². The standard InChI is InChI=1S/C16H24O2/c1-9-6-11-8-10(2)12-4-3-5-13(17)16(12)15(11)14(18)7-9/h9-12,15-16H,3-8H2,1-2H3/t9-,10+,11?,12-,15-,16?/m1/s1. The zero-order chi connectivity index (χ0) is 12.9. The molecular weight excluding hydrogens is 224 g/mol. The fourth-order valence-electron chi connectivity index (χ4n) is 5.08. The number of carbonyl (C=O) groups is 2. The largest absolute Gasteiger partial charge is 0.299 e. The van der Waals surface area contributed by atoms with Gasteiger partial charge in [0.15, 0.2) is 0 Å². The van der Waals surface area contributed by atoms with Crippen LogP contribution in [0, 0.1) is 35.5 Å². The second kappa shape index (κ2) is 4.47. The molecular formula is C16H24O2. The van der Waals surface area contributed by atoms with Crippen LogP contribution >= 0.6 is 0 Å². The highest BCUT2D eigenvalue weighted by atomic mass is 16.1. The molecule has 0 spiro atoms. The average Bonchev–Trinajstić information content (AvgIpc) is 2.29. The molecule has 3 aliphatic carbocycles. The Morgan fingerprint density at radius 1 is 1.00 bits per heavy atom. The lowest BCUT2D eigenvalue weighted by molar-refractivity contribution is -0.148. The Hall–Kier alpha value is -0.660. The summed E-state index contributed by atoms with van der Waals surface area (Å²) < 4.78 is 0. The highest BCUT2D eigenvalue weighted by molar-refractivity contribution is 5.91. The van der Waals surface area contributed by atoms with Crippen LogP contribution in [-0.4, -0.2) is 11.6 Å². The van der Waals surface area contributed by atoms with Crippen LogP contribution in [0.5, 0.6) is 0 Å². The molecule has 0 heterocycles. The molecule has 0 radical (unpaired) electrons. The first-order chi connectivity index (χ1) is 8.58. The number of Topliss-reactive ketones (excluding diaryl/α,β-unsaturated/α-hetero) is 2. The van der Waals surface area contributed by atoms with E-state index in [0.29, 0.717) is 41.7 Å². The lowest BCUT2D eigenvalue weighted by Crippen LogP contribution is -2.50. The van der Waals surface area contributed by atoms with E-state index in [1.54, 1.807) is 0 Å². The van der Waals surface area contributed by atoms with Gasteiger partial charge < -0.3 is 0 Å². The lowest BCUT2D eigenvalue weighted by Gasteiger charge is -2.50. The summed E-state index contributed by atoms with van der Waals surface area (Å²) in [7, 11) is 0. The first kappa shape index (κ1) is 12.4. The maximum atomic E-state index is 12.4. The van der Waals surface area contributed by atoms with E-state index in [4.69, 9.17) is 0 Å². The Morgan fingerprint density at radius 3 is 2.56 bits per heavy atom. The average molecular weight is 248 g/mol. The molecule has 0 aromatic heterocycles. The Balaban J connectivity index is 1.92. The van der Waals surface area contributed by atoms with Gasteiger partial charge in [-0.1, -0.05) is 13.8 Å². The number of carbonyl (C=O) groups excluding carboxylic acids is 2. The van der Waals surface area contributed by atoms with Gasteiger partial charge in [-0.3, -0.25) is 9.59 Å². The van der Waals surface area contributed by atoms with Crippen molar-refractivity contribution in [1.29, 1.82) is 0 Å². The van der Waals surface area contributed by atoms with E-state index in [1.165, 1.54) is 12.8 Å². The van der Waals surface area contributed by atoms with E-state index in [-0.39, 0.29) is 11.8 Å². The molecule has 0 saturated heterocycles. The lowest BCUT2D eigenvalue weighted by atomic mass is 9.53. The molecule has 18 heavy (non-hydrogen) atoms. The van der Waals surface area contributed by atoms with E-state index in [1.807, 2.05) is 0 Å². The molecule has 0 bridgehead atoms. The zero-order valence-electron chi connectivity index (χ0n) is 11.5. The van der Waals surface area contributed by atoms with Gasteiger partial charge >= 0.3 is 0 Å². The summed E-state index contributed by atoms with van der Waals surface area (Å²) in [5.41, 5.74) is 0. The van der Waals surface area contributed by atoms with Gasteiger partial charge in [0, 0.05) is 24.7 Å². The van der Waals surface area contributed by atoms with Gasteiger partial charge in [0.1, 0.15) is 11.6 Å². The Labute approximate surface area is 110 Å². The SMILES string of the molecule is C[C@H]1CC(=O)[C@H]2C(C1)C[C@H](C)[C@H]1CCCC(=O)C21. The van der Waals surface area contributed by atoms with E-state index in [2.05, 4.69) is 13.8 Å². The maximum Gasteiger partial charge on any atom is 0.137 e. The van der Waals surface area contributed by atoms with E-state index in [9.17, 15) is 9.59 Å². The van der Waals surface area contributed by atoms with Gasteiger partial charge in [-0.05, 0) is 49.4 Å². The number of rotatable bonds is 0. The van der Waals surface area contributed by atoms with Crippen LogP contribution in [0.1, 0.15) is 52.4 Å². The smallest absolute Gasteiger partial charge is 0.137 e. The Morgan fingerprint density at radius 2 is 1.78 bits per heavy atom. The summed E-state index contributed by atoms with van der Waals surface area (Å²) in [5, 5.41) is 0. The predicted molar refractivity (Wildman–Crippen MR) is 70.0 cm³/mol. The summed E-state index contributed by atoms with van der Waals surface area (Å²) in [6.07, 6.45) is 5.99. The van der Waals surface area contributed by atoms with Crippen LogP contribution in [-0.2, 0) is 9.59 Å². The minimum atomic E-state index is 0.0903. The van der Waals surface area contributed by atoms with Gasteiger partial charge in [-0.15, -0.1) is 0 Å². The van der Waals surface area contributed by atoms with Gasteiger partial charge in [-0.25, -0.2) is 0 Å². The molecule has 0 aromatic rings. The molecule has 2 heteroatoms. The third kappa shape index (κ3) is 1.85. The van der Waals surface area contributed by atoms with Crippen molar-refractivity contribution < 1.29 is 9.59 Å². The predicted octanol–water partition coefficient (Wildman–Crippen LogP) is 3.24. The number of fused-ring (bicyclic) bond motifs is 3. The topological polar surface area (TPSA) is 34.1 Å². The molecule has 3 saturated carbocycles. The van der Waals surface area contributed by atoms with Crippen LogP contribution in [0.15, 0.2) is 0 Å². The highest BCUT2D eigenvalue weighted by Crippen LogP contribution is 2.52. The molecule has 100 valence electrons. The second-order valence-corrected chi connectivity index (χ2v) is 7.06. The normalized spacial score (nSPS) is 48.6. The summed E-state index contributed by atoms with van der Waals surface area (Å²) in [6, 6.07) is 0. The monoisotopic (exact) mass is 248 g/mol. The van der Waals surface area contributed by atoms with Crippen LogP contribution < -0.4 is 0 Å². The maximum absolute atomic E-state index is 12.4. The van der Waals surface area contributed by atoms with Crippen LogP contribution in [0.3, 0.4) is 0 Å². The number of hydrogen-bond acceptors (Lipinski definition) is 2. The Bertz CT molecular complexity index is 373. The van der Waals surface area contributed by atoms with E-state index < -0.39 is 0 Å².